The van der Waals surface area contributed by atoms with Gasteiger partial charge < -0.3 is 11.1 Å². The number of nitrogens with one attached hydrogen (secondary N) is 1. The van der Waals surface area contributed by atoms with Crippen molar-refractivity contribution in [2.75, 3.05) is 5.32 Å². The standard InChI is InChI=1S/C15H14N4.HI/c16-10-12-5-4-6-13(9-12)11-18-15(17)19-14-7-2-1-3-8-14;/h1-9H,11H2,(H3,17,18,19);1H. The Morgan fingerprint density at radius 3 is 2.60 bits per heavy atom. The van der Waals surface area contributed by atoms with Gasteiger partial charge in [-0.05, 0) is 29.8 Å². The minimum atomic E-state index is 0. The molecule has 3 N–H and O–H groups in total. The van der Waals surface area contributed by atoms with Crippen LogP contribution in [0.2, 0.25) is 0 Å². The molecule has 2 aromatic rings. The average molecular weight is 378 g/mol. The molecular formula is C15H15IN4. The Balaban J connectivity index is 0.00000200. The Hall–Kier alpha value is -2.07. The van der Waals surface area contributed by atoms with Crippen LogP contribution in [0.3, 0.4) is 0 Å². The summed E-state index contributed by atoms with van der Waals surface area (Å²) >= 11 is 0. The Morgan fingerprint density at radius 2 is 1.90 bits per heavy atom. The van der Waals surface area contributed by atoms with Gasteiger partial charge in [0.1, 0.15) is 0 Å². The molecule has 0 amide bonds. The van der Waals surface area contributed by atoms with Crippen molar-refractivity contribution < 1.29 is 0 Å². The third-order valence-corrected chi connectivity index (χ3v) is 2.53. The molecule has 2 aromatic carbocycles. The number of aliphatic imine (C=N–C) groups is 1. The van der Waals surface area contributed by atoms with Crippen LogP contribution in [-0.2, 0) is 6.54 Å². The van der Waals surface area contributed by atoms with Gasteiger partial charge in [0.2, 0.25) is 0 Å². The molecular weight excluding hydrogens is 363 g/mol. The van der Waals surface area contributed by atoms with E-state index in [0.717, 1.165) is 11.3 Å². The topological polar surface area (TPSA) is 74.2 Å². The maximum absolute atomic E-state index is 8.81. The molecule has 0 spiro atoms. The molecule has 0 heterocycles. The van der Waals surface area contributed by atoms with Crippen molar-refractivity contribution in [1.29, 1.82) is 5.26 Å². The van der Waals surface area contributed by atoms with E-state index in [-0.39, 0.29) is 24.0 Å². The summed E-state index contributed by atoms with van der Waals surface area (Å²) < 4.78 is 0. The van der Waals surface area contributed by atoms with Crippen molar-refractivity contribution >= 4 is 35.6 Å². The van der Waals surface area contributed by atoms with Gasteiger partial charge in [0.05, 0.1) is 18.2 Å². The zero-order valence-electron chi connectivity index (χ0n) is 10.8. The summed E-state index contributed by atoms with van der Waals surface area (Å²) in [5.74, 6) is 0.355. The maximum Gasteiger partial charge on any atom is 0.193 e. The zero-order valence-corrected chi connectivity index (χ0v) is 13.1. The van der Waals surface area contributed by atoms with Gasteiger partial charge in [-0.15, -0.1) is 24.0 Å². The maximum atomic E-state index is 8.81. The van der Waals surface area contributed by atoms with Gasteiger partial charge in [0.15, 0.2) is 5.96 Å². The molecule has 0 radical (unpaired) electrons. The molecule has 0 aliphatic carbocycles. The fraction of sp³-hybridized carbons (Fsp3) is 0.0667. The number of benzene rings is 2. The quantitative estimate of drug-likeness (QED) is 0.490. The first-order chi connectivity index (χ1) is 9.28. The molecule has 0 aromatic heterocycles. The number of rotatable bonds is 3. The van der Waals surface area contributed by atoms with Crippen LogP contribution in [-0.4, -0.2) is 5.96 Å². The Morgan fingerprint density at radius 1 is 1.15 bits per heavy atom. The van der Waals surface area contributed by atoms with Gasteiger partial charge in [0, 0.05) is 5.69 Å². The Labute approximate surface area is 135 Å². The van der Waals surface area contributed by atoms with E-state index >= 15 is 0 Å². The highest BCUT2D eigenvalue weighted by molar-refractivity contribution is 14.0. The normalized spacial score (nSPS) is 10.2. The van der Waals surface area contributed by atoms with E-state index in [9.17, 15) is 0 Å². The molecule has 0 bridgehead atoms. The molecule has 0 fully saturated rings. The van der Waals surface area contributed by atoms with E-state index in [2.05, 4.69) is 16.4 Å². The van der Waals surface area contributed by atoms with Crippen molar-refractivity contribution in [3.63, 3.8) is 0 Å². The predicted molar refractivity (Wildman–Crippen MR) is 92.0 cm³/mol. The van der Waals surface area contributed by atoms with E-state index < -0.39 is 0 Å². The fourth-order valence-corrected chi connectivity index (χ4v) is 1.62. The number of para-hydroxylation sites is 1. The summed E-state index contributed by atoms with van der Waals surface area (Å²) in [6, 6.07) is 19.0. The molecule has 20 heavy (non-hydrogen) atoms. The van der Waals surface area contributed by atoms with E-state index in [4.69, 9.17) is 11.0 Å². The second kappa shape index (κ2) is 8.17. The van der Waals surface area contributed by atoms with Gasteiger partial charge in [-0.2, -0.15) is 5.26 Å². The number of hydrogen-bond donors (Lipinski definition) is 2. The number of nitrogens with zero attached hydrogens (tertiary/aromatic N) is 2. The molecule has 5 heteroatoms. The second-order valence-corrected chi connectivity index (χ2v) is 4.00. The van der Waals surface area contributed by atoms with Crippen LogP contribution in [0.5, 0.6) is 0 Å². The summed E-state index contributed by atoms with van der Waals surface area (Å²) in [4.78, 5) is 4.24. The highest BCUT2D eigenvalue weighted by Gasteiger charge is 1.96. The van der Waals surface area contributed by atoms with Crippen LogP contribution < -0.4 is 11.1 Å². The third kappa shape index (κ3) is 4.90. The van der Waals surface area contributed by atoms with Crippen LogP contribution >= 0.6 is 24.0 Å². The molecule has 0 aliphatic rings. The number of hydrogen-bond acceptors (Lipinski definition) is 2. The first-order valence-corrected chi connectivity index (χ1v) is 5.89. The van der Waals surface area contributed by atoms with Gasteiger partial charge in [-0.3, -0.25) is 0 Å². The van der Waals surface area contributed by atoms with Gasteiger partial charge >= 0.3 is 0 Å². The highest BCUT2D eigenvalue weighted by Crippen LogP contribution is 2.07. The lowest BCUT2D eigenvalue weighted by atomic mass is 10.1. The van der Waals surface area contributed by atoms with Crippen LogP contribution in [0.15, 0.2) is 59.6 Å². The highest BCUT2D eigenvalue weighted by atomic mass is 127. The van der Waals surface area contributed by atoms with Gasteiger partial charge in [0.25, 0.3) is 0 Å². The smallest absolute Gasteiger partial charge is 0.193 e. The first kappa shape index (κ1) is 16.0. The molecule has 2 rings (SSSR count). The minimum absolute atomic E-state index is 0. The lowest BCUT2D eigenvalue weighted by molar-refractivity contribution is 1.06. The van der Waals surface area contributed by atoms with Crippen molar-refractivity contribution in [2.24, 2.45) is 10.7 Å². The van der Waals surface area contributed by atoms with Crippen LogP contribution in [0, 0.1) is 11.3 Å². The van der Waals surface area contributed by atoms with Crippen molar-refractivity contribution in [2.45, 2.75) is 6.54 Å². The Kier molecular flexibility index (Phi) is 6.53. The fourth-order valence-electron chi connectivity index (χ4n) is 1.62. The number of nitriles is 1. The van der Waals surface area contributed by atoms with Gasteiger partial charge in [-0.1, -0.05) is 30.3 Å². The lowest BCUT2D eigenvalue weighted by Crippen LogP contribution is -2.22. The first-order valence-electron chi connectivity index (χ1n) is 5.89. The van der Waals surface area contributed by atoms with E-state index in [1.54, 1.807) is 12.1 Å². The third-order valence-electron chi connectivity index (χ3n) is 2.53. The molecule has 0 atom stereocenters. The number of halogens is 1. The number of anilines is 1. The molecule has 0 saturated carbocycles. The van der Waals surface area contributed by atoms with Crippen LogP contribution in [0.1, 0.15) is 11.1 Å². The largest absolute Gasteiger partial charge is 0.370 e. The average Bonchev–Trinajstić information content (AvgIpc) is 2.46. The van der Waals surface area contributed by atoms with E-state index in [1.807, 2.05) is 42.5 Å². The monoisotopic (exact) mass is 378 g/mol. The zero-order chi connectivity index (χ0) is 13.5. The minimum Gasteiger partial charge on any atom is -0.370 e. The summed E-state index contributed by atoms with van der Waals surface area (Å²) in [5, 5.41) is 11.8. The predicted octanol–water partition coefficient (Wildman–Crippen LogP) is 3.10. The molecule has 4 nitrogen and oxygen atoms in total. The molecule has 102 valence electrons. The van der Waals surface area contributed by atoms with Crippen molar-refractivity contribution in [3.8, 4) is 6.07 Å². The summed E-state index contributed by atoms with van der Waals surface area (Å²) in [7, 11) is 0. The van der Waals surface area contributed by atoms with Crippen LogP contribution in [0.25, 0.3) is 0 Å². The van der Waals surface area contributed by atoms with Crippen molar-refractivity contribution in [3.05, 3.63) is 65.7 Å². The SMILES string of the molecule is I.N#Cc1cccc(CN=C(N)Nc2ccccc2)c1. The summed E-state index contributed by atoms with van der Waals surface area (Å²) in [6.07, 6.45) is 0. The number of guanidine groups is 1. The summed E-state index contributed by atoms with van der Waals surface area (Å²) in [6.45, 7) is 0.446. The second-order valence-electron chi connectivity index (χ2n) is 4.00. The Bertz CT molecular complexity index is 617. The molecule has 0 unspecified atom stereocenters. The molecule has 0 saturated heterocycles. The number of nitrogens with two attached hydrogens (primary N) is 1. The van der Waals surface area contributed by atoms with E-state index in [1.165, 1.54) is 0 Å². The van der Waals surface area contributed by atoms with Crippen LogP contribution in [0.4, 0.5) is 5.69 Å². The van der Waals surface area contributed by atoms with E-state index in [0.29, 0.717) is 18.1 Å². The van der Waals surface area contributed by atoms with Gasteiger partial charge in [-0.25, -0.2) is 4.99 Å². The molecule has 0 aliphatic heterocycles. The summed E-state index contributed by atoms with van der Waals surface area (Å²) in [5.41, 5.74) is 8.28. The lowest BCUT2D eigenvalue weighted by Gasteiger charge is -2.05. The van der Waals surface area contributed by atoms with Crippen molar-refractivity contribution in [1.82, 2.24) is 0 Å².